The molecular weight excluding hydrogens is 342 g/mol. The molecule has 4 rings (SSSR count). The molecule has 2 amide bonds. The average molecular weight is 361 g/mol. The van der Waals surface area contributed by atoms with Crippen LogP contribution in [0.25, 0.3) is 0 Å². The maximum atomic E-state index is 12.4. The molecule has 4 heterocycles. The van der Waals surface area contributed by atoms with E-state index in [9.17, 15) is 9.59 Å². The number of amides is 2. The van der Waals surface area contributed by atoms with Crippen molar-refractivity contribution in [3.63, 3.8) is 0 Å². The number of nitrogens with one attached hydrogen (secondary N) is 1. The van der Waals surface area contributed by atoms with Crippen LogP contribution in [0.3, 0.4) is 0 Å². The van der Waals surface area contributed by atoms with Crippen molar-refractivity contribution >= 4 is 28.3 Å². The molecule has 0 aliphatic carbocycles. The summed E-state index contributed by atoms with van der Waals surface area (Å²) >= 11 is 1.44. The molecule has 0 radical (unpaired) electrons. The van der Waals surface area contributed by atoms with Gasteiger partial charge in [-0.05, 0) is 18.9 Å². The summed E-state index contributed by atoms with van der Waals surface area (Å²) in [6.45, 7) is 2.04. The second kappa shape index (κ2) is 6.93. The Morgan fingerprint density at radius 2 is 2.36 bits per heavy atom. The van der Waals surface area contributed by atoms with Crippen molar-refractivity contribution in [2.75, 3.05) is 18.5 Å². The van der Waals surface area contributed by atoms with E-state index < -0.39 is 0 Å². The predicted octanol–water partition coefficient (Wildman–Crippen LogP) is 1.04. The summed E-state index contributed by atoms with van der Waals surface area (Å²) in [7, 11) is 0. The highest BCUT2D eigenvalue weighted by Crippen LogP contribution is 2.29. The molecule has 1 N–H and O–H groups in total. The van der Waals surface area contributed by atoms with Crippen LogP contribution in [0.1, 0.15) is 23.4 Å². The van der Waals surface area contributed by atoms with Crippen molar-refractivity contribution in [2.24, 2.45) is 0 Å². The number of anilines is 1. The number of carbonyl (C=O) groups is 2. The first kappa shape index (κ1) is 16.2. The van der Waals surface area contributed by atoms with E-state index in [0.29, 0.717) is 31.2 Å². The van der Waals surface area contributed by atoms with Crippen LogP contribution in [-0.2, 0) is 33.8 Å². The minimum absolute atomic E-state index is 0.0349. The van der Waals surface area contributed by atoms with Crippen molar-refractivity contribution in [2.45, 2.75) is 38.5 Å². The van der Waals surface area contributed by atoms with Crippen LogP contribution in [0.5, 0.6) is 0 Å². The van der Waals surface area contributed by atoms with Gasteiger partial charge in [0.15, 0.2) is 5.13 Å². The molecule has 1 atom stereocenters. The molecular formula is C16H19N5O3S. The van der Waals surface area contributed by atoms with E-state index >= 15 is 0 Å². The normalized spacial score (nSPS) is 19.7. The van der Waals surface area contributed by atoms with Crippen LogP contribution in [0.4, 0.5) is 5.13 Å². The van der Waals surface area contributed by atoms with Crippen molar-refractivity contribution in [3.05, 3.63) is 29.0 Å². The van der Waals surface area contributed by atoms with Gasteiger partial charge in [-0.3, -0.25) is 19.6 Å². The maximum Gasteiger partial charge on any atom is 0.255 e. The molecule has 25 heavy (non-hydrogen) atoms. The van der Waals surface area contributed by atoms with Gasteiger partial charge in [0.05, 0.1) is 12.2 Å². The highest BCUT2D eigenvalue weighted by atomic mass is 32.1. The van der Waals surface area contributed by atoms with Gasteiger partial charge in [-0.25, -0.2) is 4.98 Å². The zero-order chi connectivity index (χ0) is 17.2. The predicted molar refractivity (Wildman–Crippen MR) is 91.1 cm³/mol. The van der Waals surface area contributed by atoms with Gasteiger partial charge in [-0.2, -0.15) is 5.10 Å². The monoisotopic (exact) mass is 361 g/mol. The van der Waals surface area contributed by atoms with Crippen molar-refractivity contribution in [1.29, 1.82) is 0 Å². The van der Waals surface area contributed by atoms with Gasteiger partial charge in [0, 0.05) is 36.8 Å². The fourth-order valence-corrected chi connectivity index (χ4v) is 4.09. The van der Waals surface area contributed by atoms with Crippen LogP contribution in [0, 0.1) is 0 Å². The van der Waals surface area contributed by atoms with E-state index in [4.69, 9.17) is 4.74 Å². The van der Waals surface area contributed by atoms with Crippen LogP contribution in [0.2, 0.25) is 0 Å². The second-order valence-electron chi connectivity index (χ2n) is 6.15. The summed E-state index contributed by atoms with van der Waals surface area (Å²) in [6, 6.07) is 1.80. The third-order valence-corrected chi connectivity index (χ3v) is 5.39. The summed E-state index contributed by atoms with van der Waals surface area (Å²) in [4.78, 5) is 31.9. The van der Waals surface area contributed by atoms with Gasteiger partial charge in [0.2, 0.25) is 5.91 Å². The number of thiazole rings is 1. The first-order chi connectivity index (χ1) is 12.2. The number of rotatable bonds is 4. The van der Waals surface area contributed by atoms with E-state index in [-0.39, 0.29) is 24.5 Å². The molecule has 0 bridgehead atoms. The van der Waals surface area contributed by atoms with E-state index in [1.165, 1.54) is 11.3 Å². The van der Waals surface area contributed by atoms with Gasteiger partial charge >= 0.3 is 0 Å². The van der Waals surface area contributed by atoms with Crippen molar-refractivity contribution < 1.29 is 14.3 Å². The zero-order valence-electron chi connectivity index (χ0n) is 13.7. The molecule has 0 saturated carbocycles. The molecule has 2 aliphatic heterocycles. The third kappa shape index (κ3) is 3.57. The van der Waals surface area contributed by atoms with Crippen molar-refractivity contribution in [1.82, 2.24) is 19.7 Å². The Kier molecular flexibility index (Phi) is 4.50. The zero-order valence-corrected chi connectivity index (χ0v) is 14.5. The lowest BCUT2D eigenvalue weighted by Gasteiger charge is -2.26. The Morgan fingerprint density at radius 3 is 3.12 bits per heavy atom. The summed E-state index contributed by atoms with van der Waals surface area (Å²) in [6.07, 6.45) is 5.44. The average Bonchev–Trinajstić information content (AvgIpc) is 3.35. The molecule has 2 aromatic rings. The Balaban J connectivity index is 1.38. The lowest BCUT2D eigenvalue weighted by molar-refractivity contribution is -0.133. The van der Waals surface area contributed by atoms with Crippen LogP contribution in [0.15, 0.2) is 18.5 Å². The molecule has 1 unspecified atom stereocenters. The number of hydrogen-bond donors (Lipinski definition) is 1. The lowest BCUT2D eigenvalue weighted by atomic mass is 10.2. The standard InChI is InChI=1S/C16H19N5O3S/c22-14(10-21-6-2-5-17-21)20-7-4-11-13(9-20)25-16(18-11)19-15(23)12-3-1-8-24-12/h2,5-6,12H,1,3-4,7-10H2,(H,18,19,23). The lowest BCUT2D eigenvalue weighted by Crippen LogP contribution is -2.37. The molecule has 1 saturated heterocycles. The van der Waals surface area contributed by atoms with E-state index in [0.717, 1.165) is 23.4 Å². The number of fused-ring (bicyclic) bond motifs is 1. The molecule has 0 aromatic carbocycles. The summed E-state index contributed by atoms with van der Waals surface area (Å²) < 4.78 is 7.01. The highest BCUT2D eigenvalue weighted by Gasteiger charge is 2.27. The minimum atomic E-state index is -0.368. The molecule has 1 fully saturated rings. The largest absolute Gasteiger partial charge is 0.368 e. The number of hydrogen-bond acceptors (Lipinski definition) is 6. The molecule has 9 heteroatoms. The second-order valence-corrected chi connectivity index (χ2v) is 7.23. The van der Waals surface area contributed by atoms with Crippen molar-refractivity contribution in [3.8, 4) is 0 Å². The van der Waals surface area contributed by atoms with Gasteiger partial charge in [-0.1, -0.05) is 11.3 Å². The number of carbonyl (C=O) groups excluding carboxylic acids is 2. The number of nitrogens with zero attached hydrogens (tertiary/aromatic N) is 4. The van der Waals surface area contributed by atoms with E-state index in [1.807, 2.05) is 4.90 Å². The first-order valence-electron chi connectivity index (χ1n) is 8.35. The molecule has 8 nitrogen and oxygen atoms in total. The molecule has 0 spiro atoms. The van der Waals surface area contributed by atoms with Gasteiger partial charge in [0.25, 0.3) is 5.91 Å². The van der Waals surface area contributed by atoms with Crippen LogP contribution in [-0.4, -0.2) is 50.7 Å². The fourth-order valence-electron chi connectivity index (χ4n) is 3.06. The van der Waals surface area contributed by atoms with E-state index in [1.54, 1.807) is 23.1 Å². The fraction of sp³-hybridized carbons (Fsp3) is 0.500. The summed E-state index contributed by atoms with van der Waals surface area (Å²) in [5.41, 5.74) is 0.968. The summed E-state index contributed by atoms with van der Waals surface area (Å²) in [5.74, 6) is -0.0945. The molecule has 2 aliphatic rings. The molecule has 2 aromatic heterocycles. The number of aromatic nitrogens is 3. The minimum Gasteiger partial charge on any atom is -0.368 e. The van der Waals surface area contributed by atoms with Gasteiger partial charge < -0.3 is 9.64 Å². The van der Waals surface area contributed by atoms with Gasteiger partial charge in [-0.15, -0.1) is 0 Å². The Labute approximate surface area is 148 Å². The SMILES string of the molecule is O=C(Nc1nc2c(s1)CN(C(=O)Cn1cccn1)CC2)C1CCCO1. The van der Waals surface area contributed by atoms with Crippen LogP contribution >= 0.6 is 11.3 Å². The topological polar surface area (TPSA) is 89.4 Å². The van der Waals surface area contributed by atoms with E-state index in [2.05, 4.69) is 15.4 Å². The summed E-state index contributed by atoms with van der Waals surface area (Å²) in [5, 5.41) is 7.51. The quantitative estimate of drug-likeness (QED) is 0.879. The smallest absolute Gasteiger partial charge is 0.255 e. The maximum absolute atomic E-state index is 12.4. The van der Waals surface area contributed by atoms with Crippen LogP contribution < -0.4 is 5.32 Å². The Bertz CT molecular complexity index is 767. The Morgan fingerprint density at radius 1 is 1.44 bits per heavy atom. The highest BCUT2D eigenvalue weighted by molar-refractivity contribution is 7.15. The third-order valence-electron chi connectivity index (χ3n) is 4.39. The molecule has 132 valence electrons. The first-order valence-corrected chi connectivity index (χ1v) is 9.17. The Hall–Kier alpha value is -2.26. The number of ether oxygens (including phenoxy) is 1. The van der Waals surface area contributed by atoms with Gasteiger partial charge in [0.1, 0.15) is 12.6 Å².